The van der Waals surface area contributed by atoms with Crippen molar-refractivity contribution < 1.29 is 14.8 Å². The van der Waals surface area contributed by atoms with E-state index in [4.69, 9.17) is 10.4 Å². The van der Waals surface area contributed by atoms with Crippen LogP contribution in [0.3, 0.4) is 0 Å². The van der Waals surface area contributed by atoms with Crippen LogP contribution in [-0.4, -0.2) is 29.6 Å². The minimum Gasteiger partial charge on any atom is -0.481 e. The molecule has 0 atom stereocenters. The number of non-ortho nitro benzene ring substituents is 1. The molecular formula is C11H11N3O4. The molecular weight excluding hydrogens is 238 g/mol. The van der Waals surface area contributed by atoms with E-state index in [1.165, 1.54) is 18.2 Å². The third-order valence-electron chi connectivity index (χ3n) is 2.38. The number of carboxylic acid groups (broad SMARTS) is 1. The second-order valence-electron chi connectivity index (χ2n) is 3.64. The van der Waals surface area contributed by atoms with Crippen LogP contribution < -0.4 is 4.90 Å². The molecule has 1 rings (SSSR count). The Morgan fingerprint density at radius 2 is 2.28 bits per heavy atom. The van der Waals surface area contributed by atoms with E-state index in [1.807, 2.05) is 6.07 Å². The van der Waals surface area contributed by atoms with Gasteiger partial charge in [-0.05, 0) is 6.07 Å². The molecule has 94 valence electrons. The molecule has 0 aliphatic heterocycles. The van der Waals surface area contributed by atoms with E-state index in [0.29, 0.717) is 5.69 Å². The summed E-state index contributed by atoms with van der Waals surface area (Å²) >= 11 is 0. The molecule has 0 fully saturated rings. The van der Waals surface area contributed by atoms with E-state index in [1.54, 1.807) is 11.9 Å². The molecule has 7 nitrogen and oxygen atoms in total. The summed E-state index contributed by atoms with van der Waals surface area (Å²) in [5.41, 5.74) is 0.461. The normalized spacial score (nSPS) is 9.56. The topological polar surface area (TPSA) is 107 Å². The van der Waals surface area contributed by atoms with Gasteiger partial charge in [0.25, 0.3) is 5.69 Å². The lowest BCUT2D eigenvalue weighted by molar-refractivity contribution is -0.384. The smallest absolute Gasteiger partial charge is 0.305 e. The highest BCUT2D eigenvalue weighted by atomic mass is 16.6. The van der Waals surface area contributed by atoms with Crippen molar-refractivity contribution in [3.63, 3.8) is 0 Å². The molecule has 1 N–H and O–H groups in total. The van der Waals surface area contributed by atoms with Crippen LogP contribution in [0.4, 0.5) is 11.4 Å². The quantitative estimate of drug-likeness (QED) is 0.623. The van der Waals surface area contributed by atoms with Crippen LogP contribution in [0.1, 0.15) is 12.0 Å². The van der Waals surface area contributed by atoms with Gasteiger partial charge in [-0.3, -0.25) is 14.9 Å². The molecule has 0 bridgehead atoms. The Kier molecular flexibility index (Phi) is 4.21. The maximum atomic E-state index is 10.6. The van der Waals surface area contributed by atoms with Crippen LogP contribution in [-0.2, 0) is 4.79 Å². The zero-order valence-corrected chi connectivity index (χ0v) is 9.66. The Morgan fingerprint density at radius 1 is 1.61 bits per heavy atom. The predicted molar refractivity (Wildman–Crippen MR) is 63.3 cm³/mol. The van der Waals surface area contributed by atoms with Crippen LogP contribution in [0.15, 0.2) is 18.2 Å². The van der Waals surface area contributed by atoms with Gasteiger partial charge < -0.3 is 10.0 Å². The second kappa shape index (κ2) is 5.63. The highest BCUT2D eigenvalue weighted by molar-refractivity contribution is 5.68. The number of carbonyl (C=O) groups is 1. The van der Waals surface area contributed by atoms with Gasteiger partial charge in [-0.15, -0.1) is 0 Å². The number of carboxylic acids is 1. The minimum absolute atomic E-state index is 0.0711. The number of aliphatic carboxylic acids is 1. The number of rotatable bonds is 5. The van der Waals surface area contributed by atoms with Gasteiger partial charge in [0.2, 0.25) is 0 Å². The fraction of sp³-hybridized carbons (Fsp3) is 0.273. The van der Waals surface area contributed by atoms with E-state index in [0.717, 1.165) is 0 Å². The number of hydrogen-bond acceptors (Lipinski definition) is 5. The third kappa shape index (κ3) is 3.18. The maximum absolute atomic E-state index is 10.6. The molecule has 0 aromatic heterocycles. The lowest BCUT2D eigenvalue weighted by Gasteiger charge is -2.19. The summed E-state index contributed by atoms with van der Waals surface area (Å²) in [6.07, 6.45) is -0.0711. The Balaban J connectivity index is 2.99. The van der Waals surface area contributed by atoms with Gasteiger partial charge in [-0.25, -0.2) is 0 Å². The molecule has 7 heteroatoms. The number of anilines is 1. The summed E-state index contributed by atoms with van der Waals surface area (Å²) in [4.78, 5) is 22.0. The molecule has 0 saturated heterocycles. The van der Waals surface area contributed by atoms with Crippen molar-refractivity contribution >= 4 is 17.3 Å². The lowest BCUT2D eigenvalue weighted by atomic mass is 10.1. The van der Waals surface area contributed by atoms with Gasteiger partial charge in [-0.1, -0.05) is 0 Å². The van der Waals surface area contributed by atoms with E-state index >= 15 is 0 Å². The number of nitrogens with zero attached hydrogens (tertiary/aromatic N) is 3. The number of nitriles is 1. The summed E-state index contributed by atoms with van der Waals surface area (Å²) in [5.74, 6) is -0.942. The maximum Gasteiger partial charge on any atom is 0.305 e. The zero-order chi connectivity index (χ0) is 13.7. The molecule has 0 aliphatic carbocycles. The summed E-state index contributed by atoms with van der Waals surface area (Å²) in [7, 11) is 1.63. The zero-order valence-electron chi connectivity index (χ0n) is 9.66. The number of nitro benzene ring substituents is 1. The second-order valence-corrected chi connectivity index (χ2v) is 3.64. The van der Waals surface area contributed by atoms with Crippen LogP contribution in [0.2, 0.25) is 0 Å². The van der Waals surface area contributed by atoms with Crippen molar-refractivity contribution in [1.82, 2.24) is 0 Å². The van der Waals surface area contributed by atoms with Crippen LogP contribution >= 0.6 is 0 Å². The average Bonchev–Trinajstić information content (AvgIpc) is 2.34. The summed E-state index contributed by atoms with van der Waals surface area (Å²) in [5, 5.41) is 28.1. The van der Waals surface area contributed by atoms with Crippen molar-refractivity contribution in [2.45, 2.75) is 6.42 Å². The molecule has 0 heterocycles. The first-order valence-electron chi connectivity index (χ1n) is 5.07. The standard InChI is InChI=1S/C11H11N3O4/c1-13(5-4-11(15)16)10-3-2-9(14(17)18)6-8(10)7-12/h2-3,6H,4-5H2,1H3,(H,15,16). The van der Waals surface area contributed by atoms with E-state index in [9.17, 15) is 14.9 Å². The number of hydrogen-bond donors (Lipinski definition) is 1. The fourth-order valence-corrected chi connectivity index (χ4v) is 1.44. The molecule has 0 saturated carbocycles. The van der Waals surface area contributed by atoms with Crippen LogP contribution in [0.5, 0.6) is 0 Å². The first-order chi connectivity index (χ1) is 8.45. The van der Waals surface area contributed by atoms with E-state index < -0.39 is 10.9 Å². The molecule has 0 amide bonds. The van der Waals surface area contributed by atoms with Crippen molar-refractivity contribution in [2.24, 2.45) is 0 Å². The Labute approximate surface area is 103 Å². The first-order valence-corrected chi connectivity index (χ1v) is 5.07. The van der Waals surface area contributed by atoms with Gasteiger partial charge >= 0.3 is 5.97 Å². The molecule has 1 aromatic carbocycles. The van der Waals surface area contributed by atoms with Gasteiger partial charge in [0.15, 0.2) is 0 Å². The third-order valence-corrected chi connectivity index (χ3v) is 2.38. The number of nitro groups is 1. The first kappa shape index (κ1) is 13.4. The molecule has 0 unspecified atom stereocenters. The highest BCUT2D eigenvalue weighted by Crippen LogP contribution is 2.24. The van der Waals surface area contributed by atoms with Gasteiger partial charge in [-0.2, -0.15) is 5.26 Å². The monoisotopic (exact) mass is 249 g/mol. The van der Waals surface area contributed by atoms with Crippen molar-refractivity contribution in [3.8, 4) is 6.07 Å². The van der Waals surface area contributed by atoms with E-state index in [-0.39, 0.29) is 24.2 Å². The van der Waals surface area contributed by atoms with Crippen molar-refractivity contribution in [3.05, 3.63) is 33.9 Å². The van der Waals surface area contributed by atoms with Gasteiger partial charge in [0.05, 0.1) is 22.6 Å². The highest BCUT2D eigenvalue weighted by Gasteiger charge is 2.13. The SMILES string of the molecule is CN(CCC(=O)O)c1ccc([N+](=O)[O-])cc1C#N. The van der Waals surface area contributed by atoms with Crippen molar-refractivity contribution in [2.75, 3.05) is 18.5 Å². The molecule has 0 radical (unpaired) electrons. The largest absolute Gasteiger partial charge is 0.481 e. The van der Waals surface area contributed by atoms with E-state index in [2.05, 4.69) is 0 Å². The predicted octanol–water partition coefficient (Wildman–Crippen LogP) is 1.38. The Bertz CT molecular complexity index is 522. The Hall–Kier alpha value is -2.62. The molecule has 18 heavy (non-hydrogen) atoms. The fourth-order valence-electron chi connectivity index (χ4n) is 1.44. The molecule has 1 aromatic rings. The number of benzene rings is 1. The summed E-state index contributed by atoms with van der Waals surface area (Å²) in [6, 6.07) is 5.77. The van der Waals surface area contributed by atoms with Gasteiger partial charge in [0, 0.05) is 25.7 Å². The average molecular weight is 249 g/mol. The minimum atomic E-state index is -0.942. The molecule has 0 spiro atoms. The van der Waals surface area contributed by atoms with Crippen LogP contribution in [0, 0.1) is 21.4 Å². The summed E-state index contributed by atoms with van der Waals surface area (Å²) in [6.45, 7) is 0.224. The molecule has 0 aliphatic rings. The van der Waals surface area contributed by atoms with Gasteiger partial charge in [0.1, 0.15) is 6.07 Å². The van der Waals surface area contributed by atoms with Crippen molar-refractivity contribution in [1.29, 1.82) is 5.26 Å². The lowest BCUT2D eigenvalue weighted by Crippen LogP contribution is -2.21. The Morgan fingerprint density at radius 3 is 2.78 bits per heavy atom. The summed E-state index contributed by atoms with van der Waals surface area (Å²) < 4.78 is 0. The van der Waals surface area contributed by atoms with Crippen LogP contribution in [0.25, 0.3) is 0 Å².